The molecule has 1 amide bonds. The number of benzene rings is 2. The summed E-state index contributed by atoms with van der Waals surface area (Å²) in [6.45, 7) is 0.870. The largest absolute Gasteiger partial charge is 0.416 e. The minimum Gasteiger partial charge on any atom is -0.324 e. The zero-order valence-electron chi connectivity index (χ0n) is 13.9. The average molecular weight is 383 g/mol. The van der Waals surface area contributed by atoms with Gasteiger partial charge in [0.05, 0.1) is 22.8 Å². The Morgan fingerprint density at radius 1 is 1.19 bits per heavy atom. The number of carbonyl (C=O) groups is 1. The number of alkyl halides is 3. The van der Waals surface area contributed by atoms with Crippen molar-refractivity contribution in [2.45, 2.75) is 25.1 Å². The number of hydrogen-bond acceptors (Lipinski definition) is 2. The van der Waals surface area contributed by atoms with Crippen molar-refractivity contribution in [3.05, 3.63) is 64.7 Å². The highest BCUT2D eigenvalue weighted by Crippen LogP contribution is 2.34. The summed E-state index contributed by atoms with van der Waals surface area (Å²) in [6.07, 6.45) is -2.57. The van der Waals surface area contributed by atoms with Crippen molar-refractivity contribution in [1.29, 1.82) is 0 Å². The van der Waals surface area contributed by atoms with Gasteiger partial charge in [0, 0.05) is 6.04 Å². The quantitative estimate of drug-likeness (QED) is 0.794. The molecule has 1 saturated heterocycles. The minimum atomic E-state index is -4.49. The molecule has 0 saturated carbocycles. The lowest BCUT2D eigenvalue weighted by molar-refractivity contribution is -0.137. The number of nitrogens with one attached hydrogen (secondary N) is 1. The second-order valence-corrected chi connectivity index (χ2v) is 6.69. The summed E-state index contributed by atoms with van der Waals surface area (Å²) in [5, 5.41) is 2.59. The Morgan fingerprint density at radius 3 is 2.62 bits per heavy atom. The molecule has 1 N–H and O–H groups in total. The Morgan fingerprint density at radius 2 is 1.92 bits per heavy atom. The van der Waals surface area contributed by atoms with Crippen LogP contribution >= 0.6 is 11.6 Å². The van der Waals surface area contributed by atoms with E-state index in [2.05, 4.69) is 5.32 Å². The average Bonchev–Trinajstić information content (AvgIpc) is 3.04. The number of hydrogen-bond donors (Lipinski definition) is 1. The van der Waals surface area contributed by atoms with E-state index in [-0.39, 0.29) is 29.2 Å². The monoisotopic (exact) mass is 382 g/mol. The molecule has 1 fully saturated rings. The van der Waals surface area contributed by atoms with Crippen molar-refractivity contribution in [2.24, 2.45) is 0 Å². The highest BCUT2D eigenvalue weighted by atomic mass is 35.5. The molecule has 26 heavy (non-hydrogen) atoms. The van der Waals surface area contributed by atoms with E-state index in [9.17, 15) is 18.0 Å². The van der Waals surface area contributed by atoms with Gasteiger partial charge >= 0.3 is 6.18 Å². The van der Waals surface area contributed by atoms with Crippen LogP contribution in [0.25, 0.3) is 0 Å². The summed E-state index contributed by atoms with van der Waals surface area (Å²) in [5.41, 5.74) is 0.261. The van der Waals surface area contributed by atoms with Gasteiger partial charge in [0.1, 0.15) is 0 Å². The third-order valence-electron chi connectivity index (χ3n) is 4.46. The van der Waals surface area contributed by atoms with Crippen LogP contribution in [0.3, 0.4) is 0 Å². The molecular formula is C19H18ClF3N2O. The third kappa shape index (κ3) is 4.37. The van der Waals surface area contributed by atoms with E-state index in [1.807, 2.05) is 35.2 Å². The van der Waals surface area contributed by atoms with Crippen molar-refractivity contribution in [3.63, 3.8) is 0 Å². The maximum atomic E-state index is 12.8. The number of anilines is 1. The van der Waals surface area contributed by atoms with Crippen molar-refractivity contribution in [3.8, 4) is 0 Å². The highest BCUT2D eigenvalue weighted by Gasteiger charge is 2.31. The van der Waals surface area contributed by atoms with E-state index in [0.29, 0.717) is 0 Å². The van der Waals surface area contributed by atoms with Gasteiger partial charge < -0.3 is 5.32 Å². The summed E-state index contributed by atoms with van der Waals surface area (Å²) in [4.78, 5) is 14.4. The lowest BCUT2D eigenvalue weighted by Crippen LogP contribution is -2.33. The second-order valence-electron chi connectivity index (χ2n) is 6.28. The fourth-order valence-electron chi connectivity index (χ4n) is 3.24. The van der Waals surface area contributed by atoms with Crippen LogP contribution in [-0.4, -0.2) is 23.9 Å². The Balaban J connectivity index is 1.69. The molecule has 1 aliphatic heterocycles. The first kappa shape index (κ1) is 18.7. The number of likely N-dealkylation sites (tertiary alicyclic amines) is 1. The smallest absolute Gasteiger partial charge is 0.324 e. The van der Waals surface area contributed by atoms with Crippen LogP contribution in [0.4, 0.5) is 18.9 Å². The summed E-state index contributed by atoms with van der Waals surface area (Å²) in [6, 6.07) is 12.9. The zero-order chi connectivity index (χ0) is 18.7. The van der Waals surface area contributed by atoms with E-state index >= 15 is 0 Å². The first-order chi connectivity index (χ1) is 12.3. The van der Waals surface area contributed by atoms with Crippen LogP contribution in [-0.2, 0) is 11.0 Å². The number of carbonyl (C=O) groups excluding carboxylic acids is 1. The third-order valence-corrected chi connectivity index (χ3v) is 4.79. The predicted molar refractivity (Wildman–Crippen MR) is 95.1 cm³/mol. The van der Waals surface area contributed by atoms with Gasteiger partial charge in [-0.3, -0.25) is 9.69 Å². The molecule has 1 heterocycles. The molecule has 1 unspecified atom stereocenters. The number of rotatable bonds is 4. The topological polar surface area (TPSA) is 32.3 Å². The number of nitrogens with zero attached hydrogens (tertiary/aromatic N) is 1. The van der Waals surface area contributed by atoms with Crippen molar-refractivity contribution in [2.75, 3.05) is 18.4 Å². The molecule has 1 aliphatic rings. The van der Waals surface area contributed by atoms with Gasteiger partial charge in [0.2, 0.25) is 5.91 Å². The predicted octanol–water partition coefficient (Wildman–Crippen LogP) is 5.13. The molecule has 7 heteroatoms. The Hall–Kier alpha value is -2.05. The second kappa shape index (κ2) is 7.68. The highest BCUT2D eigenvalue weighted by molar-refractivity contribution is 6.33. The molecule has 2 aromatic rings. The Kier molecular flexibility index (Phi) is 5.53. The van der Waals surface area contributed by atoms with Crippen LogP contribution in [0.5, 0.6) is 0 Å². The van der Waals surface area contributed by atoms with Gasteiger partial charge in [0.25, 0.3) is 0 Å². The number of halogens is 4. The first-order valence-corrected chi connectivity index (χ1v) is 8.68. The summed E-state index contributed by atoms with van der Waals surface area (Å²) in [7, 11) is 0. The number of amides is 1. The van der Waals surface area contributed by atoms with Gasteiger partial charge in [-0.2, -0.15) is 13.2 Å². The van der Waals surface area contributed by atoms with Crippen LogP contribution in [0, 0.1) is 0 Å². The Bertz CT molecular complexity index is 780. The maximum absolute atomic E-state index is 12.8. The lowest BCUT2D eigenvalue weighted by atomic mass is 10.0. The van der Waals surface area contributed by atoms with E-state index in [4.69, 9.17) is 11.6 Å². The fourth-order valence-corrected chi connectivity index (χ4v) is 3.40. The van der Waals surface area contributed by atoms with Gasteiger partial charge in [-0.15, -0.1) is 0 Å². The molecule has 0 radical (unpaired) electrons. The van der Waals surface area contributed by atoms with Crippen molar-refractivity contribution < 1.29 is 18.0 Å². The van der Waals surface area contributed by atoms with E-state index < -0.39 is 11.7 Å². The summed E-state index contributed by atoms with van der Waals surface area (Å²) < 4.78 is 38.5. The van der Waals surface area contributed by atoms with Gasteiger partial charge in [-0.05, 0) is 43.1 Å². The van der Waals surface area contributed by atoms with Crippen LogP contribution in [0.2, 0.25) is 5.02 Å². The van der Waals surface area contributed by atoms with Gasteiger partial charge in [-0.1, -0.05) is 41.9 Å². The fraction of sp³-hybridized carbons (Fsp3) is 0.316. The van der Waals surface area contributed by atoms with E-state index in [1.54, 1.807) is 0 Å². The molecule has 0 bridgehead atoms. The molecule has 138 valence electrons. The molecule has 3 nitrogen and oxygen atoms in total. The molecule has 1 atom stereocenters. The van der Waals surface area contributed by atoms with E-state index in [0.717, 1.165) is 43.1 Å². The zero-order valence-corrected chi connectivity index (χ0v) is 14.6. The molecular weight excluding hydrogens is 365 g/mol. The van der Waals surface area contributed by atoms with E-state index in [1.165, 1.54) is 0 Å². The van der Waals surface area contributed by atoms with Crippen molar-refractivity contribution >= 4 is 23.2 Å². The van der Waals surface area contributed by atoms with Crippen LogP contribution in [0.15, 0.2) is 48.5 Å². The Labute approximate surface area is 154 Å². The normalized spacial score (nSPS) is 18.1. The minimum absolute atomic E-state index is 0.0260. The SMILES string of the molecule is O=C(CN1CCCC1c1ccccc1)Nc1cc(C(F)(F)F)ccc1Cl. The lowest BCUT2D eigenvalue weighted by Gasteiger charge is -2.24. The molecule has 0 aliphatic carbocycles. The summed E-state index contributed by atoms with van der Waals surface area (Å²) >= 11 is 5.94. The van der Waals surface area contributed by atoms with Crippen LogP contribution in [0.1, 0.15) is 30.0 Å². The van der Waals surface area contributed by atoms with Crippen molar-refractivity contribution in [1.82, 2.24) is 4.90 Å². The molecule has 0 aromatic heterocycles. The summed E-state index contributed by atoms with van der Waals surface area (Å²) in [5.74, 6) is -0.381. The van der Waals surface area contributed by atoms with Gasteiger partial charge in [0.15, 0.2) is 0 Å². The molecule has 2 aromatic carbocycles. The molecule has 3 rings (SSSR count). The molecule has 0 spiro atoms. The van der Waals surface area contributed by atoms with Gasteiger partial charge in [-0.25, -0.2) is 0 Å². The van der Waals surface area contributed by atoms with Crippen LogP contribution < -0.4 is 5.32 Å². The standard InChI is InChI=1S/C19H18ClF3N2O/c20-15-9-8-14(19(21,22)23)11-16(15)24-18(26)12-25-10-4-7-17(25)13-5-2-1-3-6-13/h1-3,5-6,8-9,11,17H,4,7,10,12H2,(H,24,26). The first-order valence-electron chi connectivity index (χ1n) is 8.30. The maximum Gasteiger partial charge on any atom is 0.416 e.